The van der Waals surface area contributed by atoms with Gasteiger partial charge in [-0.25, -0.2) is 4.39 Å². The molecule has 0 aliphatic carbocycles. The monoisotopic (exact) mass is 400 g/mol. The van der Waals surface area contributed by atoms with Crippen LogP contribution in [0.5, 0.6) is 11.5 Å². The van der Waals surface area contributed by atoms with Gasteiger partial charge in [0.1, 0.15) is 12.4 Å². The van der Waals surface area contributed by atoms with Crippen LogP contribution in [0.1, 0.15) is 5.56 Å². The lowest BCUT2D eigenvalue weighted by molar-refractivity contribution is -0.127. The van der Waals surface area contributed by atoms with Crippen LogP contribution in [0.3, 0.4) is 0 Å². The highest BCUT2D eigenvalue weighted by molar-refractivity contribution is 8.18. The first-order chi connectivity index (χ1) is 13.5. The molecule has 1 saturated heterocycles. The van der Waals surface area contributed by atoms with Gasteiger partial charge in [-0.05, 0) is 36.0 Å². The zero-order valence-corrected chi connectivity index (χ0v) is 15.1. The maximum absolute atomic E-state index is 13.8. The highest BCUT2D eigenvalue weighted by atomic mass is 32.2. The van der Waals surface area contributed by atoms with Crippen molar-refractivity contribution in [3.05, 3.63) is 58.8 Å². The number of carbonyl (C=O) groups is 3. The van der Waals surface area contributed by atoms with E-state index in [-0.39, 0.29) is 17.3 Å². The number of hydrogen-bond acceptors (Lipinski definition) is 6. The number of benzene rings is 2. The zero-order chi connectivity index (χ0) is 19.7. The van der Waals surface area contributed by atoms with Crippen molar-refractivity contribution in [2.75, 3.05) is 18.7 Å². The summed E-state index contributed by atoms with van der Waals surface area (Å²) in [6.07, 6.45) is 1.30. The fourth-order valence-electron chi connectivity index (χ4n) is 2.69. The standard InChI is InChI=1S/C19H13FN2O5S/c20-13-4-2-1-3-11(13)7-16-18(24)22(19(25)28-16)9-17(23)21-12-5-6-14-15(8-12)27-10-26-14/h1-8H,9-10H2,(H,21,23)/b16-7+. The number of rotatable bonds is 4. The van der Waals surface area contributed by atoms with Crippen LogP contribution in [0.4, 0.5) is 14.9 Å². The molecule has 7 nitrogen and oxygen atoms in total. The molecule has 1 N–H and O–H groups in total. The lowest BCUT2D eigenvalue weighted by Crippen LogP contribution is -2.36. The maximum Gasteiger partial charge on any atom is 0.294 e. The average Bonchev–Trinajstić information content (AvgIpc) is 3.23. The molecule has 2 heterocycles. The molecule has 4 rings (SSSR count). The number of carbonyl (C=O) groups excluding carboxylic acids is 3. The summed E-state index contributed by atoms with van der Waals surface area (Å²) in [6.45, 7) is -0.342. The molecule has 2 aromatic rings. The molecule has 28 heavy (non-hydrogen) atoms. The molecular weight excluding hydrogens is 387 g/mol. The van der Waals surface area contributed by atoms with E-state index in [0.717, 1.165) is 4.90 Å². The number of fused-ring (bicyclic) bond motifs is 1. The molecule has 0 aromatic heterocycles. The van der Waals surface area contributed by atoms with E-state index >= 15 is 0 Å². The van der Waals surface area contributed by atoms with E-state index in [1.165, 1.54) is 24.3 Å². The molecule has 0 radical (unpaired) electrons. The molecule has 9 heteroatoms. The van der Waals surface area contributed by atoms with Gasteiger partial charge in [-0.15, -0.1) is 0 Å². The first kappa shape index (κ1) is 18.1. The Balaban J connectivity index is 1.44. The van der Waals surface area contributed by atoms with E-state index in [0.29, 0.717) is 28.9 Å². The number of imide groups is 1. The predicted molar refractivity (Wildman–Crippen MR) is 100 cm³/mol. The second-order valence-electron chi connectivity index (χ2n) is 5.91. The number of nitrogens with one attached hydrogen (secondary N) is 1. The highest BCUT2D eigenvalue weighted by Crippen LogP contribution is 2.35. The second-order valence-corrected chi connectivity index (χ2v) is 6.90. The molecule has 2 aromatic carbocycles. The number of thioether (sulfide) groups is 1. The number of amides is 3. The molecule has 0 bridgehead atoms. The molecular formula is C19H13FN2O5S. The number of hydrogen-bond donors (Lipinski definition) is 1. The van der Waals surface area contributed by atoms with E-state index in [1.807, 2.05) is 0 Å². The third-order valence-electron chi connectivity index (χ3n) is 4.02. The van der Waals surface area contributed by atoms with Crippen molar-refractivity contribution < 1.29 is 28.2 Å². The number of ether oxygens (including phenoxy) is 2. The van der Waals surface area contributed by atoms with Crippen LogP contribution < -0.4 is 14.8 Å². The van der Waals surface area contributed by atoms with Crippen molar-refractivity contribution in [1.82, 2.24) is 4.90 Å². The third-order valence-corrected chi connectivity index (χ3v) is 4.93. The second kappa shape index (κ2) is 7.35. The van der Waals surface area contributed by atoms with Gasteiger partial charge in [-0.3, -0.25) is 19.3 Å². The molecule has 0 spiro atoms. The normalized spacial score (nSPS) is 16.8. The number of halogens is 1. The Hall–Kier alpha value is -3.33. The minimum atomic E-state index is -0.640. The SMILES string of the molecule is O=C(CN1C(=O)S/C(=C/c2ccccc2F)C1=O)Nc1ccc2c(c1)OCO2. The van der Waals surface area contributed by atoms with Crippen LogP contribution in [0, 0.1) is 5.82 Å². The molecule has 142 valence electrons. The number of nitrogens with zero attached hydrogens (tertiary/aromatic N) is 1. The Morgan fingerprint density at radius 1 is 1.18 bits per heavy atom. The van der Waals surface area contributed by atoms with E-state index in [1.54, 1.807) is 24.3 Å². The number of anilines is 1. The summed E-state index contributed by atoms with van der Waals surface area (Å²) in [4.78, 5) is 37.7. The summed E-state index contributed by atoms with van der Waals surface area (Å²) in [5, 5.41) is 2.01. The van der Waals surface area contributed by atoms with Crippen LogP contribution in [0.2, 0.25) is 0 Å². The Bertz CT molecular complexity index is 1020. The molecule has 2 aliphatic rings. The summed E-state index contributed by atoms with van der Waals surface area (Å²) >= 11 is 0.665. The van der Waals surface area contributed by atoms with E-state index in [4.69, 9.17) is 9.47 Å². The summed E-state index contributed by atoms with van der Waals surface area (Å²) < 4.78 is 24.2. The summed E-state index contributed by atoms with van der Waals surface area (Å²) in [6, 6.07) is 10.8. The van der Waals surface area contributed by atoms with Crippen molar-refractivity contribution in [1.29, 1.82) is 0 Å². The fourth-order valence-corrected chi connectivity index (χ4v) is 3.52. The molecule has 1 fully saturated rings. The third kappa shape index (κ3) is 3.56. The van der Waals surface area contributed by atoms with Crippen molar-refractivity contribution in [2.24, 2.45) is 0 Å². The van der Waals surface area contributed by atoms with Crippen LogP contribution >= 0.6 is 11.8 Å². The van der Waals surface area contributed by atoms with Crippen molar-refractivity contribution in [2.45, 2.75) is 0 Å². The maximum atomic E-state index is 13.8. The minimum Gasteiger partial charge on any atom is -0.454 e. The quantitative estimate of drug-likeness (QED) is 0.794. The average molecular weight is 400 g/mol. The van der Waals surface area contributed by atoms with E-state index < -0.39 is 29.4 Å². The Morgan fingerprint density at radius 2 is 1.96 bits per heavy atom. The molecule has 0 unspecified atom stereocenters. The Labute approximate surface area is 163 Å². The molecule has 0 atom stereocenters. The topological polar surface area (TPSA) is 84.9 Å². The van der Waals surface area contributed by atoms with Gasteiger partial charge in [0.05, 0.1) is 4.91 Å². The van der Waals surface area contributed by atoms with Crippen LogP contribution in [-0.4, -0.2) is 35.3 Å². The van der Waals surface area contributed by atoms with Crippen molar-refractivity contribution in [3.8, 4) is 11.5 Å². The van der Waals surface area contributed by atoms with Crippen molar-refractivity contribution in [3.63, 3.8) is 0 Å². The minimum absolute atomic E-state index is 0.0611. The van der Waals surface area contributed by atoms with Gasteiger partial charge in [0.25, 0.3) is 11.1 Å². The molecule has 0 saturated carbocycles. The smallest absolute Gasteiger partial charge is 0.294 e. The Morgan fingerprint density at radius 3 is 2.79 bits per heavy atom. The first-order valence-electron chi connectivity index (χ1n) is 8.20. The van der Waals surface area contributed by atoms with Gasteiger partial charge < -0.3 is 14.8 Å². The summed E-state index contributed by atoms with van der Waals surface area (Å²) in [7, 11) is 0. The summed E-state index contributed by atoms with van der Waals surface area (Å²) in [5.41, 5.74) is 0.640. The largest absolute Gasteiger partial charge is 0.454 e. The molecule has 2 aliphatic heterocycles. The van der Waals surface area contributed by atoms with Gasteiger partial charge in [0.2, 0.25) is 12.7 Å². The molecule has 3 amide bonds. The van der Waals surface area contributed by atoms with E-state index in [2.05, 4.69) is 5.32 Å². The zero-order valence-electron chi connectivity index (χ0n) is 14.3. The van der Waals surface area contributed by atoms with Gasteiger partial charge in [-0.1, -0.05) is 18.2 Å². The van der Waals surface area contributed by atoms with Gasteiger partial charge in [0.15, 0.2) is 11.5 Å². The summed E-state index contributed by atoms with van der Waals surface area (Å²) in [5.74, 6) is -0.624. The highest BCUT2D eigenvalue weighted by Gasteiger charge is 2.36. The van der Waals surface area contributed by atoms with Crippen LogP contribution in [0.25, 0.3) is 6.08 Å². The predicted octanol–water partition coefficient (Wildman–Crippen LogP) is 3.23. The van der Waals surface area contributed by atoms with Gasteiger partial charge in [0, 0.05) is 17.3 Å². The van der Waals surface area contributed by atoms with E-state index in [9.17, 15) is 18.8 Å². The van der Waals surface area contributed by atoms with Gasteiger partial charge >= 0.3 is 0 Å². The van der Waals surface area contributed by atoms with Crippen LogP contribution in [-0.2, 0) is 9.59 Å². The van der Waals surface area contributed by atoms with Gasteiger partial charge in [-0.2, -0.15) is 0 Å². The Kier molecular flexibility index (Phi) is 4.74. The first-order valence-corrected chi connectivity index (χ1v) is 9.02. The lowest BCUT2D eigenvalue weighted by atomic mass is 10.2. The van der Waals surface area contributed by atoms with Crippen molar-refractivity contribution >= 4 is 40.6 Å². The van der Waals surface area contributed by atoms with Crippen LogP contribution in [0.15, 0.2) is 47.4 Å². The lowest BCUT2D eigenvalue weighted by Gasteiger charge is -2.12. The fraction of sp³-hybridized carbons (Fsp3) is 0.105.